The van der Waals surface area contributed by atoms with E-state index in [1.165, 1.54) is 17.0 Å². The Morgan fingerprint density at radius 3 is 2.79 bits per heavy atom. The van der Waals surface area contributed by atoms with Gasteiger partial charge in [-0.1, -0.05) is 18.2 Å². The molecule has 0 saturated carbocycles. The van der Waals surface area contributed by atoms with E-state index in [1.54, 1.807) is 49.6 Å². The molecule has 0 amide bonds. The van der Waals surface area contributed by atoms with Gasteiger partial charge in [0, 0.05) is 11.6 Å². The van der Waals surface area contributed by atoms with Gasteiger partial charge in [0.1, 0.15) is 23.9 Å². The van der Waals surface area contributed by atoms with E-state index in [2.05, 4.69) is 20.0 Å². The van der Waals surface area contributed by atoms with Crippen LogP contribution in [0, 0.1) is 4.77 Å². The van der Waals surface area contributed by atoms with Gasteiger partial charge in [0.2, 0.25) is 4.77 Å². The third kappa shape index (κ3) is 4.92. The number of hydrogen-bond donors (Lipinski definition) is 1. The Hall–Kier alpha value is -3.27. The number of hydrogen-bond acceptors (Lipinski definition) is 6. The number of alkyl halides is 2. The molecule has 0 atom stereocenters. The summed E-state index contributed by atoms with van der Waals surface area (Å²) < 4.78 is 42.0. The van der Waals surface area contributed by atoms with Crippen LogP contribution in [0.25, 0.3) is 0 Å². The van der Waals surface area contributed by atoms with Crippen molar-refractivity contribution in [1.29, 1.82) is 0 Å². The summed E-state index contributed by atoms with van der Waals surface area (Å²) in [4.78, 5) is 0. The normalized spacial score (nSPS) is 11.1. The van der Waals surface area contributed by atoms with Crippen LogP contribution in [0.4, 0.5) is 8.78 Å². The summed E-state index contributed by atoms with van der Waals surface area (Å²) in [6.45, 7) is -2.86. The molecule has 28 heavy (non-hydrogen) atoms. The van der Waals surface area contributed by atoms with E-state index < -0.39 is 6.61 Å². The standard InChI is InChI=1S/C18H16F2N4O3S/c1-25-13-6-4-7-14(9-13)26-11-16-22-23-18(28)24(16)21-10-12-5-2-3-8-15(12)27-17(19)20/h2-10,17H,11H2,1H3,(H,23,28)/b21-10-. The lowest BCUT2D eigenvalue weighted by molar-refractivity contribution is -0.0499. The Bertz CT molecular complexity index is 1020. The number of benzene rings is 2. The molecule has 1 N–H and O–H groups in total. The molecule has 0 fully saturated rings. The van der Waals surface area contributed by atoms with Crippen molar-refractivity contribution < 1.29 is 23.0 Å². The molecule has 2 aromatic carbocycles. The molecule has 146 valence electrons. The number of H-pyrrole nitrogens is 1. The second-order valence-electron chi connectivity index (χ2n) is 5.39. The maximum absolute atomic E-state index is 12.5. The van der Waals surface area contributed by atoms with Crippen LogP contribution in [0.2, 0.25) is 0 Å². The summed E-state index contributed by atoms with van der Waals surface area (Å²) in [7, 11) is 1.56. The van der Waals surface area contributed by atoms with E-state index in [9.17, 15) is 8.78 Å². The SMILES string of the molecule is COc1cccc(OCc2n[nH]c(=S)n2/N=C\c2ccccc2OC(F)F)c1. The zero-order valence-corrected chi connectivity index (χ0v) is 15.5. The van der Waals surface area contributed by atoms with E-state index in [1.807, 2.05) is 0 Å². The molecule has 1 aromatic heterocycles. The van der Waals surface area contributed by atoms with Crippen LogP contribution in [-0.4, -0.2) is 34.8 Å². The van der Waals surface area contributed by atoms with Crippen molar-refractivity contribution in [3.63, 3.8) is 0 Å². The van der Waals surface area contributed by atoms with Gasteiger partial charge in [0.05, 0.1) is 13.3 Å². The van der Waals surface area contributed by atoms with Gasteiger partial charge < -0.3 is 14.2 Å². The van der Waals surface area contributed by atoms with Crippen molar-refractivity contribution in [2.24, 2.45) is 5.10 Å². The minimum atomic E-state index is -2.93. The van der Waals surface area contributed by atoms with Crippen molar-refractivity contribution in [2.45, 2.75) is 13.2 Å². The number of methoxy groups -OCH3 is 1. The van der Waals surface area contributed by atoms with E-state index in [0.29, 0.717) is 22.9 Å². The van der Waals surface area contributed by atoms with Crippen LogP contribution in [-0.2, 0) is 6.61 Å². The molecule has 0 aliphatic rings. The average molecular weight is 406 g/mol. The van der Waals surface area contributed by atoms with E-state index >= 15 is 0 Å². The highest BCUT2D eigenvalue weighted by atomic mass is 32.1. The zero-order chi connectivity index (χ0) is 19.9. The van der Waals surface area contributed by atoms with Crippen molar-refractivity contribution in [1.82, 2.24) is 14.9 Å². The summed E-state index contributed by atoms with van der Waals surface area (Å²) in [6, 6.07) is 13.4. The van der Waals surface area contributed by atoms with E-state index in [4.69, 9.17) is 21.7 Å². The third-order valence-corrected chi connectivity index (χ3v) is 3.84. The van der Waals surface area contributed by atoms with Crippen molar-refractivity contribution in [3.8, 4) is 17.2 Å². The second kappa shape index (κ2) is 9.09. The van der Waals surface area contributed by atoms with Crippen molar-refractivity contribution in [3.05, 3.63) is 64.7 Å². The molecule has 0 spiro atoms. The number of aromatic nitrogens is 3. The second-order valence-corrected chi connectivity index (χ2v) is 5.77. The summed E-state index contributed by atoms with van der Waals surface area (Å²) in [6.07, 6.45) is 1.36. The lowest BCUT2D eigenvalue weighted by Gasteiger charge is -2.08. The predicted octanol–water partition coefficient (Wildman–Crippen LogP) is 4.01. The first-order chi connectivity index (χ1) is 13.6. The Morgan fingerprint density at radius 2 is 2.00 bits per heavy atom. The van der Waals surface area contributed by atoms with Crippen LogP contribution in [0.3, 0.4) is 0 Å². The minimum Gasteiger partial charge on any atom is -0.497 e. The van der Waals surface area contributed by atoms with Gasteiger partial charge >= 0.3 is 6.61 Å². The molecular formula is C18H16F2N4O3S. The minimum absolute atomic E-state index is 0.00504. The first-order valence-corrected chi connectivity index (χ1v) is 8.49. The van der Waals surface area contributed by atoms with Gasteiger partial charge in [-0.2, -0.15) is 23.7 Å². The van der Waals surface area contributed by atoms with Gasteiger partial charge in [0.25, 0.3) is 0 Å². The fraction of sp³-hybridized carbons (Fsp3) is 0.167. The predicted molar refractivity (Wildman–Crippen MR) is 101 cm³/mol. The van der Waals surface area contributed by atoms with Crippen LogP contribution in [0.1, 0.15) is 11.4 Å². The molecule has 1 heterocycles. The first-order valence-electron chi connectivity index (χ1n) is 8.08. The molecular weight excluding hydrogens is 390 g/mol. The summed E-state index contributed by atoms with van der Waals surface area (Å²) >= 11 is 5.17. The van der Waals surface area contributed by atoms with E-state index in [-0.39, 0.29) is 17.1 Å². The van der Waals surface area contributed by atoms with Gasteiger partial charge in [-0.3, -0.25) is 0 Å². The fourth-order valence-corrected chi connectivity index (χ4v) is 2.48. The number of halogens is 2. The zero-order valence-electron chi connectivity index (χ0n) is 14.7. The molecule has 0 bridgehead atoms. The summed E-state index contributed by atoms with van der Waals surface area (Å²) in [5.41, 5.74) is 0.366. The smallest absolute Gasteiger partial charge is 0.387 e. The highest BCUT2D eigenvalue weighted by Crippen LogP contribution is 2.20. The summed E-state index contributed by atoms with van der Waals surface area (Å²) in [5, 5.41) is 10.9. The Morgan fingerprint density at radius 1 is 1.21 bits per heavy atom. The molecule has 10 heteroatoms. The van der Waals surface area contributed by atoms with Crippen LogP contribution in [0.15, 0.2) is 53.6 Å². The molecule has 7 nitrogen and oxygen atoms in total. The number of ether oxygens (including phenoxy) is 3. The van der Waals surface area contributed by atoms with Gasteiger partial charge in [0.15, 0.2) is 5.82 Å². The monoisotopic (exact) mass is 406 g/mol. The number of rotatable bonds is 8. The largest absolute Gasteiger partial charge is 0.497 e. The Kier molecular flexibility index (Phi) is 6.33. The van der Waals surface area contributed by atoms with Crippen LogP contribution >= 0.6 is 12.2 Å². The lowest BCUT2D eigenvalue weighted by atomic mass is 10.2. The number of para-hydroxylation sites is 1. The number of nitrogens with one attached hydrogen (secondary N) is 1. The topological polar surface area (TPSA) is 73.7 Å². The first kappa shape index (κ1) is 19.5. The molecule has 0 unspecified atom stereocenters. The van der Waals surface area contributed by atoms with Crippen molar-refractivity contribution >= 4 is 18.4 Å². The van der Waals surface area contributed by atoms with Crippen LogP contribution in [0.5, 0.6) is 17.2 Å². The molecule has 0 saturated heterocycles. The van der Waals surface area contributed by atoms with Gasteiger partial charge in [-0.05, 0) is 36.5 Å². The number of aromatic amines is 1. The molecule has 0 radical (unpaired) electrons. The lowest BCUT2D eigenvalue weighted by Crippen LogP contribution is -2.06. The quantitative estimate of drug-likeness (QED) is 0.452. The van der Waals surface area contributed by atoms with Crippen LogP contribution < -0.4 is 14.2 Å². The average Bonchev–Trinajstić information content (AvgIpc) is 3.05. The van der Waals surface area contributed by atoms with Crippen molar-refractivity contribution in [2.75, 3.05) is 7.11 Å². The highest BCUT2D eigenvalue weighted by Gasteiger charge is 2.09. The maximum atomic E-state index is 12.5. The molecule has 0 aliphatic heterocycles. The van der Waals surface area contributed by atoms with Gasteiger partial charge in [-0.25, -0.2) is 5.10 Å². The summed E-state index contributed by atoms with van der Waals surface area (Å²) in [5.74, 6) is 1.64. The Labute approximate surface area is 164 Å². The van der Waals surface area contributed by atoms with E-state index in [0.717, 1.165) is 0 Å². The van der Waals surface area contributed by atoms with Gasteiger partial charge in [-0.15, -0.1) is 0 Å². The highest BCUT2D eigenvalue weighted by molar-refractivity contribution is 7.71. The fourth-order valence-electron chi connectivity index (χ4n) is 2.29. The molecule has 3 rings (SSSR count). The number of nitrogens with zero attached hydrogens (tertiary/aromatic N) is 3. The molecule has 3 aromatic rings. The molecule has 0 aliphatic carbocycles. The third-order valence-electron chi connectivity index (χ3n) is 3.57. The maximum Gasteiger partial charge on any atom is 0.387 e. The Balaban J connectivity index is 1.78.